The van der Waals surface area contributed by atoms with Crippen LogP contribution in [0.15, 0.2) is 53.4 Å². The number of ether oxygens (including phenoxy) is 1. The van der Waals surface area contributed by atoms with Gasteiger partial charge in [-0.05, 0) is 48.9 Å². The maximum Gasteiger partial charge on any atom is 0.313 e. The number of nitrogens with one attached hydrogen (secondary N) is 2. The van der Waals surface area contributed by atoms with Crippen molar-refractivity contribution in [2.45, 2.75) is 17.7 Å². The molecule has 0 aliphatic carbocycles. The van der Waals surface area contributed by atoms with Gasteiger partial charge in [0.05, 0.1) is 18.9 Å². The highest BCUT2D eigenvalue weighted by molar-refractivity contribution is 7.98. The van der Waals surface area contributed by atoms with Crippen LogP contribution in [0.4, 0.5) is 11.4 Å². The van der Waals surface area contributed by atoms with E-state index in [4.69, 9.17) is 4.74 Å². The minimum absolute atomic E-state index is 0.460. The van der Waals surface area contributed by atoms with Crippen molar-refractivity contribution >= 4 is 35.0 Å². The fourth-order valence-electron chi connectivity index (χ4n) is 3.20. The summed E-state index contributed by atoms with van der Waals surface area (Å²) in [6, 6.07) is 15.9. The summed E-state index contributed by atoms with van der Waals surface area (Å²) in [5.74, 6) is -1.25. The van der Waals surface area contributed by atoms with Crippen molar-refractivity contribution in [2.75, 3.05) is 49.3 Å². The lowest BCUT2D eigenvalue weighted by Crippen LogP contribution is -2.36. The Kier molecular flexibility index (Phi) is 7.95. The fraction of sp³-hybridized carbons (Fsp3) is 0.364. The van der Waals surface area contributed by atoms with Crippen LogP contribution in [-0.4, -0.2) is 50.9 Å². The molecule has 154 valence electrons. The quantitative estimate of drug-likeness (QED) is 0.415. The van der Waals surface area contributed by atoms with Crippen LogP contribution in [0.5, 0.6) is 0 Å². The van der Waals surface area contributed by atoms with Gasteiger partial charge in [0.2, 0.25) is 0 Å². The van der Waals surface area contributed by atoms with E-state index in [1.165, 1.54) is 23.0 Å². The standard InChI is InChI=1S/C22H27N3O3S/c1-29-20-7-3-2-6-19(20)24-22(27)21(26)23-12-4-5-17-8-10-18(11-9-17)25-13-15-28-16-14-25/h2-3,6-11H,4-5,12-16H2,1H3,(H,23,26)(H,24,27). The van der Waals surface area contributed by atoms with E-state index in [1.807, 2.05) is 24.5 Å². The van der Waals surface area contributed by atoms with Gasteiger partial charge in [-0.15, -0.1) is 11.8 Å². The summed E-state index contributed by atoms with van der Waals surface area (Å²) in [6.45, 7) is 3.86. The van der Waals surface area contributed by atoms with Gasteiger partial charge in [0, 0.05) is 30.2 Å². The zero-order valence-electron chi connectivity index (χ0n) is 16.6. The van der Waals surface area contributed by atoms with Crippen LogP contribution in [0.3, 0.4) is 0 Å². The van der Waals surface area contributed by atoms with Crippen LogP contribution >= 0.6 is 11.8 Å². The van der Waals surface area contributed by atoms with E-state index in [-0.39, 0.29) is 0 Å². The van der Waals surface area contributed by atoms with E-state index in [2.05, 4.69) is 39.8 Å². The molecule has 2 amide bonds. The first kappa shape index (κ1) is 21.2. The number of morpholine rings is 1. The molecule has 3 rings (SSSR count). The number of aryl methyl sites for hydroxylation is 1. The van der Waals surface area contributed by atoms with Gasteiger partial charge in [0.1, 0.15) is 0 Å². The van der Waals surface area contributed by atoms with Gasteiger partial charge in [-0.1, -0.05) is 24.3 Å². The first-order valence-corrected chi connectivity index (χ1v) is 11.0. The molecule has 6 nitrogen and oxygen atoms in total. The average molecular weight is 414 g/mol. The van der Waals surface area contributed by atoms with E-state index in [1.54, 1.807) is 6.07 Å². The van der Waals surface area contributed by atoms with Gasteiger partial charge in [-0.3, -0.25) is 9.59 Å². The van der Waals surface area contributed by atoms with Crippen LogP contribution in [-0.2, 0) is 20.7 Å². The SMILES string of the molecule is CSc1ccccc1NC(=O)C(=O)NCCCc1ccc(N2CCOCC2)cc1. The Morgan fingerprint density at radius 1 is 1.03 bits per heavy atom. The Morgan fingerprint density at radius 2 is 1.76 bits per heavy atom. The van der Waals surface area contributed by atoms with Crippen LogP contribution in [0.25, 0.3) is 0 Å². The zero-order valence-corrected chi connectivity index (χ0v) is 17.5. The molecule has 1 heterocycles. The number of anilines is 2. The molecule has 0 unspecified atom stereocenters. The van der Waals surface area contributed by atoms with Gasteiger partial charge in [0.15, 0.2) is 0 Å². The van der Waals surface area contributed by atoms with E-state index in [9.17, 15) is 9.59 Å². The minimum atomic E-state index is -0.638. The summed E-state index contributed by atoms with van der Waals surface area (Å²) < 4.78 is 5.39. The van der Waals surface area contributed by atoms with Crippen molar-refractivity contribution in [1.82, 2.24) is 5.32 Å². The Bertz CT molecular complexity index is 820. The van der Waals surface area contributed by atoms with E-state index >= 15 is 0 Å². The number of hydrogen-bond acceptors (Lipinski definition) is 5. The van der Waals surface area contributed by atoms with Gasteiger partial charge in [0.25, 0.3) is 0 Å². The molecule has 0 radical (unpaired) electrons. The van der Waals surface area contributed by atoms with Crippen molar-refractivity contribution in [2.24, 2.45) is 0 Å². The second kappa shape index (κ2) is 10.9. The van der Waals surface area contributed by atoms with Crippen molar-refractivity contribution in [3.63, 3.8) is 0 Å². The Balaban J connectivity index is 1.39. The second-order valence-corrected chi connectivity index (χ2v) is 7.63. The second-order valence-electron chi connectivity index (χ2n) is 6.78. The van der Waals surface area contributed by atoms with Crippen molar-refractivity contribution in [1.29, 1.82) is 0 Å². The van der Waals surface area contributed by atoms with Gasteiger partial charge in [-0.25, -0.2) is 0 Å². The number of benzene rings is 2. The predicted octanol–water partition coefficient (Wildman–Crippen LogP) is 2.93. The van der Waals surface area contributed by atoms with Crippen molar-refractivity contribution in [3.05, 3.63) is 54.1 Å². The first-order chi connectivity index (χ1) is 14.2. The minimum Gasteiger partial charge on any atom is -0.378 e. The lowest BCUT2D eigenvalue weighted by Gasteiger charge is -2.28. The highest BCUT2D eigenvalue weighted by atomic mass is 32.2. The molecular formula is C22H27N3O3S. The number of para-hydroxylation sites is 1. The third-order valence-electron chi connectivity index (χ3n) is 4.80. The summed E-state index contributed by atoms with van der Waals surface area (Å²) in [5, 5.41) is 5.37. The van der Waals surface area contributed by atoms with Crippen LogP contribution in [0.2, 0.25) is 0 Å². The monoisotopic (exact) mass is 413 g/mol. The molecular weight excluding hydrogens is 386 g/mol. The molecule has 1 aliphatic rings. The zero-order chi connectivity index (χ0) is 20.5. The number of hydrogen-bond donors (Lipinski definition) is 2. The van der Waals surface area contributed by atoms with Crippen molar-refractivity contribution in [3.8, 4) is 0 Å². The number of thioether (sulfide) groups is 1. The molecule has 7 heteroatoms. The van der Waals surface area contributed by atoms with Gasteiger partial charge in [-0.2, -0.15) is 0 Å². The molecule has 2 aromatic carbocycles. The highest BCUT2D eigenvalue weighted by Gasteiger charge is 2.14. The number of rotatable bonds is 7. The summed E-state index contributed by atoms with van der Waals surface area (Å²) in [4.78, 5) is 27.4. The number of nitrogens with zero attached hydrogens (tertiary/aromatic N) is 1. The highest BCUT2D eigenvalue weighted by Crippen LogP contribution is 2.24. The molecule has 0 bridgehead atoms. The molecule has 29 heavy (non-hydrogen) atoms. The van der Waals surface area contributed by atoms with E-state index in [0.29, 0.717) is 12.2 Å². The maximum atomic E-state index is 12.1. The third kappa shape index (κ3) is 6.24. The largest absolute Gasteiger partial charge is 0.378 e. The summed E-state index contributed by atoms with van der Waals surface area (Å²) in [5.41, 5.74) is 3.09. The van der Waals surface area contributed by atoms with Crippen LogP contribution in [0, 0.1) is 0 Å². The first-order valence-electron chi connectivity index (χ1n) is 9.81. The molecule has 1 saturated heterocycles. The predicted molar refractivity (Wildman–Crippen MR) is 118 cm³/mol. The topological polar surface area (TPSA) is 70.7 Å². The van der Waals surface area contributed by atoms with Crippen LogP contribution < -0.4 is 15.5 Å². The summed E-state index contributed by atoms with van der Waals surface area (Å²) >= 11 is 1.52. The number of carbonyl (C=O) groups excluding carboxylic acids is 2. The van der Waals surface area contributed by atoms with Gasteiger partial charge < -0.3 is 20.3 Å². The van der Waals surface area contributed by atoms with E-state index < -0.39 is 11.8 Å². The molecule has 2 N–H and O–H groups in total. The maximum absolute atomic E-state index is 12.1. The molecule has 1 fully saturated rings. The number of amides is 2. The normalized spacial score (nSPS) is 13.8. The fourth-order valence-corrected chi connectivity index (χ4v) is 3.75. The Labute approximate surface area is 176 Å². The smallest absolute Gasteiger partial charge is 0.313 e. The molecule has 2 aromatic rings. The average Bonchev–Trinajstić information content (AvgIpc) is 2.78. The van der Waals surface area contributed by atoms with Gasteiger partial charge >= 0.3 is 11.8 Å². The lowest BCUT2D eigenvalue weighted by molar-refractivity contribution is -0.136. The van der Waals surface area contributed by atoms with Crippen LogP contribution in [0.1, 0.15) is 12.0 Å². The Hall–Kier alpha value is -2.51. The van der Waals surface area contributed by atoms with E-state index in [0.717, 1.165) is 44.0 Å². The summed E-state index contributed by atoms with van der Waals surface area (Å²) in [6.07, 6.45) is 3.55. The Morgan fingerprint density at radius 3 is 2.48 bits per heavy atom. The summed E-state index contributed by atoms with van der Waals surface area (Å²) in [7, 11) is 0. The molecule has 0 atom stereocenters. The van der Waals surface area contributed by atoms with Crippen molar-refractivity contribution < 1.29 is 14.3 Å². The number of carbonyl (C=O) groups is 2. The third-order valence-corrected chi connectivity index (χ3v) is 5.60. The molecule has 0 saturated carbocycles. The molecule has 0 aromatic heterocycles. The lowest BCUT2D eigenvalue weighted by atomic mass is 10.1. The molecule has 1 aliphatic heterocycles. The molecule has 0 spiro atoms.